The molecule has 9 heteroatoms. The Labute approximate surface area is 159 Å². The Morgan fingerprint density at radius 2 is 1.88 bits per heavy atom. The van der Waals surface area contributed by atoms with Gasteiger partial charge in [0.05, 0.1) is 26.9 Å². The maximum absolute atomic E-state index is 12.3. The lowest BCUT2D eigenvalue weighted by atomic mass is 10.3. The molecule has 0 spiro atoms. The van der Waals surface area contributed by atoms with E-state index in [1.54, 1.807) is 24.3 Å². The van der Waals surface area contributed by atoms with Crippen LogP contribution in [-0.4, -0.2) is 32.8 Å². The number of rotatable bonds is 8. The van der Waals surface area contributed by atoms with Crippen LogP contribution in [0.15, 0.2) is 35.2 Å². The fraction of sp³-hybridized carbons (Fsp3) is 0.267. The van der Waals surface area contributed by atoms with Gasteiger partial charge in [0.25, 0.3) is 0 Å². The molecule has 24 heavy (non-hydrogen) atoms. The number of Topliss-reactive ketones (excluding diaryl/α,β-unsaturated/α-hetero) is 1. The molecule has 0 bridgehead atoms. The maximum atomic E-state index is 12.3. The van der Waals surface area contributed by atoms with Crippen LogP contribution in [0.2, 0.25) is 10.0 Å². The monoisotopic (exact) mass is 423 g/mol. The maximum Gasteiger partial charge on any atom is 0.208 e. The predicted octanol–water partition coefficient (Wildman–Crippen LogP) is 4.12. The first-order chi connectivity index (χ1) is 11.3. The number of ketones is 1. The van der Waals surface area contributed by atoms with Crippen molar-refractivity contribution in [2.24, 2.45) is 0 Å². The molecule has 0 atom stereocenters. The summed E-state index contributed by atoms with van der Waals surface area (Å²) in [6.07, 6.45) is 1.67. The van der Waals surface area contributed by atoms with Gasteiger partial charge in [0, 0.05) is 16.3 Å². The average molecular weight is 424 g/mol. The van der Waals surface area contributed by atoms with Gasteiger partial charge in [-0.1, -0.05) is 29.3 Å². The standard InChI is InChI=1S/C15H15Cl2NO3S3/c1-24(20,21)18-8-7-10-5-6-14(23-10)13(19)9-22-15-11(16)3-2-4-12(15)17/h2-6,18H,7-9H2,1H3. The number of thiophene rings is 1. The zero-order valence-electron chi connectivity index (χ0n) is 12.7. The van der Waals surface area contributed by atoms with Crippen molar-refractivity contribution in [2.75, 3.05) is 18.6 Å². The number of nitrogens with one attached hydrogen (secondary N) is 1. The van der Waals surface area contributed by atoms with Crippen LogP contribution in [0.3, 0.4) is 0 Å². The van der Waals surface area contributed by atoms with Crippen molar-refractivity contribution in [3.05, 3.63) is 50.1 Å². The fourth-order valence-electron chi connectivity index (χ4n) is 1.85. The van der Waals surface area contributed by atoms with E-state index in [1.807, 2.05) is 6.07 Å². The number of halogens is 2. The van der Waals surface area contributed by atoms with Gasteiger partial charge in [-0.2, -0.15) is 0 Å². The average Bonchev–Trinajstić information content (AvgIpc) is 2.94. The summed E-state index contributed by atoms with van der Waals surface area (Å²) in [5.74, 6) is 0.230. The first-order valence-electron chi connectivity index (χ1n) is 6.89. The summed E-state index contributed by atoms with van der Waals surface area (Å²) >= 11 is 14.9. The molecular formula is C15H15Cl2NO3S3. The lowest BCUT2D eigenvalue weighted by Crippen LogP contribution is -2.23. The lowest BCUT2D eigenvalue weighted by Gasteiger charge is -2.05. The Kier molecular flexibility index (Phi) is 7.15. The molecule has 0 saturated heterocycles. The van der Waals surface area contributed by atoms with Gasteiger partial charge in [0.1, 0.15) is 0 Å². The number of carbonyl (C=O) groups excluding carboxylic acids is 1. The van der Waals surface area contributed by atoms with Gasteiger partial charge in [0.15, 0.2) is 5.78 Å². The number of hydrogen-bond acceptors (Lipinski definition) is 5. The van der Waals surface area contributed by atoms with Crippen LogP contribution in [-0.2, 0) is 16.4 Å². The van der Waals surface area contributed by atoms with E-state index < -0.39 is 10.0 Å². The van der Waals surface area contributed by atoms with Crippen molar-refractivity contribution in [1.82, 2.24) is 4.72 Å². The Balaban J connectivity index is 1.91. The van der Waals surface area contributed by atoms with Crippen LogP contribution in [0.1, 0.15) is 14.5 Å². The molecule has 0 radical (unpaired) electrons. The third-order valence-electron chi connectivity index (χ3n) is 2.94. The third kappa shape index (κ3) is 6.06. The van der Waals surface area contributed by atoms with Crippen molar-refractivity contribution in [3.8, 4) is 0 Å². The Morgan fingerprint density at radius 3 is 2.50 bits per heavy atom. The van der Waals surface area contributed by atoms with E-state index in [0.717, 1.165) is 11.1 Å². The molecule has 1 aromatic carbocycles. The van der Waals surface area contributed by atoms with Gasteiger partial charge in [-0.15, -0.1) is 23.1 Å². The molecule has 1 N–H and O–H groups in total. The number of thioether (sulfide) groups is 1. The largest absolute Gasteiger partial charge is 0.292 e. The summed E-state index contributed by atoms with van der Waals surface area (Å²) in [4.78, 5) is 14.6. The molecule has 0 aliphatic carbocycles. The van der Waals surface area contributed by atoms with Crippen LogP contribution < -0.4 is 4.72 Å². The van der Waals surface area contributed by atoms with Crippen molar-refractivity contribution < 1.29 is 13.2 Å². The topological polar surface area (TPSA) is 63.2 Å². The molecular weight excluding hydrogens is 409 g/mol. The van der Waals surface area contributed by atoms with Crippen LogP contribution >= 0.6 is 46.3 Å². The van der Waals surface area contributed by atoms with Crippen LogP contribution in [0.5, 0.6) is 0 Å². The van der Waals surface area contributed by atoms with Crippen LogP contribution in [0.4, 0.5) is 0 Å². The van der Waals surface area contributed by atoms with E-state index in [2.05, 4.69) is 4.72 Å². The van der Waals surface area contributed by atoms with E-state index in [1.165, 1.54) is 23.1 Å². The molecule has 2 aromatic rings. The second kappa shape index (κ2) is 8.69. The van der Waals surface area contributed by atoms with Crippen molar-refractivity contribution in [2.45, 2.75) is 11.3 Å². The summed E-state index contributed by atoms with van der Waals surface area (Å²) in [6, 6.07) is 8.83. The number of carbonyl (C=O) groups is 1. The first kappa shape index (κ1) is 19.8. The molecule has 1 aromatic heterocycles. The van der Waals surface area contributed by atoms with E-state index in [-0.39, 0.29) is 11.5 Å². The second-order valence-electron chi connectivity index (χ2n) is 4.95. The van der Waals surface area contributed by atoms with E-state index in [0.29, 0.717) is 32.8 Å². The van der Waals surface area contributed by atoms with E-state index in [4.69, 9.17) is 23.2 Å². The summed E-state index contributed by atoms with van der Waals surface area (Å²) in [5, 5.41) is 1.05. The molecule has 0 aliphatic heterocycles. The second-order valence-corrected chi connectivity index (χ2v) is 9.75. The van der Waals surface area contributed by atoms with Gasteiger partial charge in [-0.3, -0.25) is 4.79 Å². The normalized spacial score (nSPS) is 11.6. The number of benzene rings is 1. The molecule has 0 fully saturated rings. The highest BCUT2D eigenvalue weighted by atomic mass is 35.5. The molecule has 0 saturated carbocycles. The van der Waals surface area contributed by atoms with E-state index in [9.17, 15) is 13.2 Å². The molecule has 130 valence electrons. The highest BCUT2D eigenvalue weighted by Gasteiger charge is 2.13. The summed E-state index contributed by atoms with van der Waals surface area (Å²) < 4.78 is 24.5. The molecule has 4 nitrogen and oxygen atoms in total. The summed E-state index contributed by atoms with van der Waals surface area (Å²) in [5.41, 5.74) is 0. The van der Waals surface area contributed by atoms with Gasteiger partial charge < -0.3 is 0 Å². The third-order valence-corrected chi connectivity index (χ3v) is 6.84. The molecule has 1 heterocycles. The fourth-order valence-corrected chi connectivity index (χ4v) is 4.93. The molecule has 0 aliphatic rings. The number of sulfonamides is 1. The first-order valence-corrected chi connectivity index (χ1v) is 11.3. The predicted molar refractivity (Wildman–Crippen MR) is 102 cm³/mol. The summed E-state index contributed by atoms with van der Waals surface area (Å²) in [6.45, 7) is 0.316. The highest BCUT2D eigenvalue weighted by molar-refractivity contribution is 8.00. The minimum Gasteiger partial charge on any atom is -0.292 e. The minimum absolute atomic E-state index is 0.0108. The Morgan fingerprint density at radius 1 is 1.21 bits per heavy atom. The van der Waals surface area contributed by atoms with Crippen molar-refractivity contribution in [3.63, 3.8) is 0 Å². The zero-order chi connectivity index (χ0) is 17.7. The van der Waals surface area contributed by atoms with Crippen molar-refractivity contribution >= 4 is 62.1 Å². The highest BCUT2D eigenvalue weighted by Crippen LogP contribution is 2.34. The molecule has 0 unspecified atom stereocenters. The Hall–Kier alpha value is -0.570. The summed E-state index contributed by atoms with van der Waals surface area (Å²) in [7, 11) is -3.19. The smallest absolute Gasteiger partial charge is 0.208 e. The van der Waals surface area contributed by atoms with Gasteiger partial charge in [-0.25, -0.2) is 13.1 Å². The number of hydrogen-bond donors (Lipinski definition) is 1. The van der Waals surface area contributed by atoms with Crippen LogP contribution in [0, 0.1) is 0 Å². The molecule has 0 amide bonds. The minimum atomic E-state index is -3.19. The Bertz CT molecular complexity index is 814. The quantitative estimate of drug-likeness (QED) is 0.512. The molecule has 2 rings (SSSR count). The van der Waals surface area contributed by atoms with Crippen LogP contribution in [0.25, 0.3) is 0 Å². The van der Waals surface area contributed by atoms with Gasteiger partial charge in [0.2, 0.25) is 10.0 Å². The zero-order valence-corrected chi connectivity index (χ0v) is 16.7. The van der Waals surface area contributed by atoms with Gasteiger partial charge >= 0.3 is 0 Å². The lowest BCUT2D eigenvalue weighted by molar-refractivity contribution is 0.102. The van der Waals surface area contributed by atoms with Crippen molar-refractivity contribution in [1.29, 1.82) is 0 Å². The van der Waals surface area contributed by atoms with E-state index >= 15 is 0 Å². The van der Waals surface area contributed by atoms with Gasteiger partial charge in [-0.05, 0) is 30.7 Å². The SMILES string of the molecule is CS(=O)(=O)NCCc1ccc(C(=O)CSc2c(Cl)cccc2Cl)s1.